The van der Waals surface area contributed by atoms with Crippen LogP contribution in [0.4, 0.5) is 22.0 Å². The van der Waals surface area contributed by atoms with E-state index in [4.69, 9.17) is 0 Å². The van der Waals surface area contributed by atoms with Gasteiger partial charge in [0.2, 0.25) is 0 Å². The van der Waals surface area contributed by atoms with E-state index in [1.54, 1.807) is 0 Å². The Morgan fingerprint density at radius 3 is 2.37 bits per heavy atom. The van der Waals surface area contributed by atoms with Crippen molar-refractivity contribution >= 4 is 0 Å². The third kappa shape index (κ3) is 4.02. The van der Waals surface area contributed by atoms with Crippen molar-refractivity contribution in [3.05, 3.63) is 48.0 Å². The van der Waals surface area contributed by atoms with Crippen LogP contribution in [0, 0.1) is 0 Å². The van der Waals surface area contributed by atoms with E-state index in [2.05, 4.69) is 11.3 Å². The number of ether oxygens (including phenoxy) is 1. The van der Waals surface area contributed by atoms with Gasteiger partial charge in [-0.15, -0.1) is 6.58 Å². The molecule has 0 aliphatic carbocycles. The minimum Gasteiger partial charge on any atom is -0.371 e. The summed E-state index contributed by atoms with van der Waals surface area (Å²) in [6, 6.07) is 3.87. The Balaban J connectivity index is 2.97. The number of benzene rings is 1. The second-order valence-electron chi connectivity index (χ2n) is 4.03. The van der Waals surface area contributed by atoms with Gasteiger partial charge in [0.25, 0.3) is 5.92 Å². The van der Waals surface area contributed by atoms with Gasteiger partial charge < -0.3 is 4.74 Å². The average Bonchev–Trinajstić information content (AvgIpc) is 2.28. The number of halogens is 5. The minimum absolute atomic E-state index is 0.108. The Labute approximate surface area is 107 Å². The normalized spacial score (nSPS) is 14.2. The predicted octanol–water partition coefficient (Wildman–Crippen LogP) is 4.08. The summed E-state index contributed by atoms with van der Waals surface area (Å²) in [7, 11) is 1.09. The fourth-order valence-electron chi connectivity index (χ4n) is 1.67. The molecular formula is C13H13F5O. The zero-order valence-corrected chi connectivity index (χ0v) is 10.2. The first kappa shape index (κ1) is 15.6. The molecule has 106 valence electrons. The second-order valence-corrected chi connectivity index (χ2v) is 4.03. The van der Waals surface area contributed by atoms with Crippen LogP contribution in [0.5, 0.6) is 0 Å². The first-order valence-electron chi connectivity index (χ1n) is 5.40. The SMILES string of the molecule is C=CC(OC)C(F)(F)Cc1cccc(C(F)(F)F)c1. The highest BCUT2D eigenvalue weighted by Gasteiger charge is 2.38. The summed E-state index contributed by atoms with van der Waals surface area (Å²) < 4.78 is 69.4. The lowest BCUT2D eigenvalue weighted by Gasteiger charge is -2.23. The van der Waals surface area contributed by atoms with Gasteiger partial charge in [-0.05, 0) is 11.6 Å². The molecule has 0 aromatic heterocycles. The van der Waals surface area contributed by atoms with Crippen LogP contribution in [-0.2, 0) is 17.3 Å². The van der Waals surface area contributed by atoms with Gasteiger partial charge in [-0.2, -0.15) is 13.2 Å². The molecular weight excluding hydrogens is 267 g/mol. The van der Waals surface area contributed by atoms with Crippen LogP contribution < -0.4 is 0 Å². The van der Waals surface area contributed by atoms with Gasteiger partial charge in [-0.25, -0.2) is 8.78 Å². The quantitative estimate of drug-likeness (QED) is 0.583. The Hall–Kier alpha value is -1.43. The van der Waals surface area contributed by atoms with Crippen molar-refractivity contribution in [1.29, 1.82) is 0 Å². The van der Waals surface area contributed by atoms with Crippen LogP contribution in [-0.4, -0.2) is 19.1 Å². The number of alkyl halides is 5. The van der Waals surface area contributed by atoms with E-state index in [9.17, 15) is 22.0 Å². The van der Waals surface area contributed by atoms with Gasteiger partial charge in [-0.3, -0.25) is 0 Å². The highest BCUT2D eigenvalue weighted by molar-refractivity contribution is 5.27. The molecule has 19 heavy (non-hydrogen) atoms. The van der Waals surface area contributed by atoms with Crippen molar-refractivity contribution < 1.29 is 26.7 Å². The molecule has 0 bridgehead atoms. The van der Waals surface area contributed by atoms with E-state index in [-0.39, 0.29) is 5.56 Å². The zero-order valence-electron chi connectivity index (χ0n) is 10.2. The van der Waals surface area contributed by atoms with Gasteiger partial charge in [0, 0.05) is 13.5 Å². The van der Waals surface area contributed by atoms with Gasteiger partial charge in [-0.1, -0.05) is 24.3 Å². The number of methoxy groups -OCH3 is 1. The molecule has 1 aromatic rings. The van der Waals surface area contributed by atoms with Crippen molar-refractivity contribution in [3.63, 3.8) is 0 Å². The van der Waals surface area contributed by atoms with Crippen molar-refractivity contribution in [2.24, 2.45) is 0 Å². The van der Waals surface area contributed by atoms with Gasteiger partial charge in [0.15, 0.2) is 0 Å². The topological polar surface area (TPSA) is 9.23 Å². The zero-order chi connectivity index (χ0) is 14.7. The summed E-state index contributed by atoms with van der Waals surface area (Å²) in [5.74, 6) is -3.32. The fourth-order valence-corrected chi connectivity index (χ4v) is 1.67. The highest BCUT2D eigenvalue weighted by atomic mass is 19.4. The molecule has 0 saturated carbocycles. The third-order valence-electron chi connectivity index (χ3n) is 2.58. The smallest absolute Gasteiger partial charge is 0.371 e. The minimum atomic E-state index is -4.55. The van der Waals surface area contributed by atoms with E-state index in [0.717, 1.165) is 25.3 Å². The summed E-state index contributed by atoms with van der Waals surface area (Å²) in [6.07, 6.45) is -6.01. The number of hydrogen-bond donors (Lipinski definition) is 0. The molecule has 0 spiro atoms. The van der Waals surface area contributed by atoms with Gasteiger partial charge >= 0.3 is 6.18 Å². The van der Waals surface area contributed by atoms with E-state index < -0.39 is 30.2 Å². The molecule has 0 fully saturated rings. The van der Waals surface area contributed by atoms with Crippen molar-refractivity contribution in [3.8, 4) is 0 Å². The summed E-state index contributed by atoms with van der Waals surface area (Å²) in [5, 5.41) is 0. The lowest BCUT2D eigenvalue weighted by atomic mass is 10.0. The van der Waals surface area contributed by atoms with Gasteiger partial charge in [0.1, 0.15) is 6.10 Å². The second kappa shape index (κ2) is 5.69. The maximum absolute atomic E-state index is 13.7. The number of hydrogen-bond acceptors (Lipinski definition) is 1. The lowest BCUT2D eigenvalue weighted by molar-refractivity contribution is -0.137. The monoisotopic (exact) mass is 280 g/mol. The molecule has 1 unspecified atom stereocenters. The Morgan fingerprint density at radius 2 is 1.89 bits per heavy atom. The molecule has 0 aliphatic rings. The van der Waals surface area contributed by atoms with Crippen LogP contribution in [0.25, 0.3) is 0 Å². The van der Waals surface area contributed by atoms with Crippen LogP contribution in [0.3, 0.4) is 0 Å². The van der Waals surface area contributed by atoms with E-state index >= 15 is 0 Å². The van der Waals surface area contributed by atoms with E-state index in [1.807, 2.05) is 0 Å². The molecule has 1 nitrogen and oxygen atoms in total. The Kier molecular flexibility index (Phi) is 4.68. The molecule has 6 heteroatoms. The van der Waals surface area contributed by atoms with Crippen LogP contribution in [0.2, 0.25) is 0 Å². The molecule has 0 heterocycles. The Morgan fingerprint density at radius 1 is 1.26 bits per heavy atom. The molecule has 0 aliphatic heterocycles. The average molecular weight is 280 g/mol. The summed E-state index contributed by atoms with van der Waals surface area (Å²) in [5.41, 5.74) is -1.06. The van der Waals surface area contributed by atoms with Crippen molar-refractivity contribution in [2.75, 3.05) is 7.11 Å². The molecule has 0 saturated heterocycles. The molecule has 0 N–H and O–H groups in total. The number of rotatable bonds is 5. The fraction of sp³-hybridized carbons (Fsp3) is 0.385. The first-order chi connectivity index (χ1) is 8.70. The summed E-state index contributed by atoms with van der Waals surface area (Å²) in [6.45, 7) is 3.21. The molecule has 1 aromatic carbocycles. The lowest BCUT2D eigenvalue weighted by Crippen LogP contribution is -2.35. The van der Waals surface area contributed by atoms with Crippen molar-refractivity contribution in [2.45, 2.75) is 24.6 Å². The molecule has 1 rings (SSSR count). The highest BCUT2D eigenvalue weighted by Crippen LogP contribution is 2.32. The standard InChI is InChI=1S/C13H13F5O/c1-3-11(19-2)12(14,15)8-9-5-4-6-10(7-9)13(16,17)18/h3-7,11H,1,8H2,2H3. The van der Waals surface area contributed by atoms with Crippen LogP contribution in [0.15, 0.2) is 36.9 Å². The molecule has 0 radical (unpaired) electrons. The Bertz CT molecular complexity index is 439. The molecule has 0 amide bonds. The largest absolute Gasteiger partial charge is 0.416 e. The van der Waals surface area contributed by atoms with Crippen LogP contribution >= 0.6 is 0 Å². The predicted molar refractivity (Wildman–Crippen MR) is 61.1 cm³/mol. The van der Waals surface area contributed by atoms with E-state index in [1.165, 1.54) is 6.07 Å². The van der Waals surface area contributed by atoms with Crippen molar-refractivity contribution in [1.82, 2.24) is 0 Å². The maximum atomic E-state index is 13.7. The van der Waals surface area contributed by atoms with Crippen LogP contribution in [0.1, 0.15) is 11.1 Å². The maximum Gasteiger partial charge on any atom is 0.416 e. The first-order valence-corrected chi connectivity index (χ1v) is 5.40. The molecule has 1 atom stereocenters. The van der Waals surface area contributed by atoms with Gasteiger partial charge in [0.05, 0.1) is 5.56 Å². The summed E-state index contributed by atoms with van der Waals surface area (Å²) in [4.78, 5) is 0. The van der Waals surface area contributed by atoms with E-state index in [0.29, 0.717) is 6.07 Å². The summed E-state index contributed by atoms with van der Waals surface area (Å²) >= 11 is 0. The third-order valence-corrected chi connectivity index (χ3v) is 2.58.